The molecule has 5 nitrogen and oxygen atoms in total. The van der Waals surface area contributed by atoms with E-state index < -0.39 is 0 Å². The first kappa shape index (κ1) is 17.1. The molecule has 1 amide bonds. The van der Waals surface area contributed by atoms with Crippen LogP contribution in [-0.4, -0.2) is 41.6 Å². The summed E-state index contributed by atoms with van der Waals surface area (Å²) >= 11 is 0. The van der Waals surface area contributed by atoms with Gasteiger partial charge in [-0.3, -0.25) is 4.79 Å². The van der Waals surface area contributed by atoms with Crippen LogP contribution in [0.4, 0.5) is 0 Å². The molecule has 1 saturated carbocycles. The van der Waals surface area contributed by atoms with Crippen molar-refractivity contribution >= 4 is 5.91 Å². The van der Waals surface area contributed by atoms with Crippen molar-refractivity contribution < 1.29 is 9.32 Å². The Balaban J connectivity index is 1.19. The smallest absolute Gasteiger partial charge is 0.290 e. The molecule has 0 aromatic carbocycles. The highest BCUT2D eigenvalue weighted by molar-refractivity contribution is 5.93. The molecule has 0 bridgehead atoms. The van der Waals surface area contributed by atoms with Gasteiger partial charge in [0.25, 0.3) is 5.91 Å². The summed E-state index contributed by atoms with van der Waals surface area (Å²) in [7, 11) is 0. The molecule has 1 aliphatic heterocycles. The van der Waals surface area contributed by atoms with Crippen LogP contribution in [0.1, 0.15) is 79.6 Å². The number of carbonyl (C=O) groups is 1. The zero-order valence-electron chi connectivity index (χ0n) is 15.3. The van der Waals surface area contributed by atoms with E-state index in [0.29, 0.717) is 5.76 Å². The van der Waals surface area contributed by atoms with Crippen LogP contribution in [0.15, 0.2) is 4.52 Å². The van der Waals surface area contributed by atoms with Crippen LogP contribution in [0.5, 0.6) is 0 Å². The lowest BCUT2D eigenvalue weighted by Crippen LogP contribution is -2.40. The maximum atomic E-state index is 12.4. The van der Waals surface area contributed by atoms with E-state index in [0.717, 1.165) is 61.9 Å². The lowest BCUT2D eigenvalue weighted by molar-refractivity contribution is 0.0906. The third-order valence-electron chi connectivity index (χ3n) is 6.49. The molecule has 4 rings (SSSR count). The predicted molar refractivity (Wildman–Crippen MR) is 96.6 cm³/mol. The van der Waals surface area contributed by atoms with Crippen molar-refractivity contribution in [1.29, 1.82) is 0 Å². The minimum atomic E-state index is -0.0703. The van der Waals surface area contributed by atoms with Crippen LogP contribution in [0.3, 0.4) is 0 Å². The number of hydrogen-bond donors (Lipinski definition) is 1. The van der Waals surface area contributed by atoms with Crippen molar-refractivity contribution in [3.63, 3.8) is 0 Å². The number of hydrogen-bond acceptors (Lipinski definition) is 4. The van der Waals surface area contributed by atoms with Crippen molar-refractivity contribution in [1.82, 2.24) is 15.4 Å². The van der Waals surface area contributed by atoms with Crippen LogP contribution in [0.25, 0.3) is 0 Å². The van der Waals surface area contributed by atoms with Gasteiger partial charge in [-0.25, -0.2) is 0 Å². The topological polar surface area (TPSA) is 58.4 Å². The predicted octanol–water partition coefficient (Wildman–Crippen LogP) is 3.33. The molecule has 25 heavy (non-hydrogen) atoms. The van der Waals surface area contributed by atoms with E-state index in [1.54, 1.807) is 0 Å². The molecule has 2 aliphatic carbocycles. The van der Waals surface area contributed by atoms with Gasteiger partial charge in [0.2, 0.25) is 5.76 Å². The summed E-state index contributed by atoms with van der Waals surface area (Å²) in [6.07, 6.45) is 13.5. The molecule has 2 fully saturated rings. The molecule has 1 aromatic rings. The van der Waals surface area contributed by atoms with Gasteiger partial charge in [-0.1, -0.05) is 18.0 Å². The zero-order valence-corrected chi connectivity index (χ0v) is 15.3. The van der Waals surface area contributed by atoms with Crippen LogP contribution < -0.4 is 5.32 Å². The fraction of sp³-hybridized carbons (Fsp3) is 0.800. The number of nitrogens with zero attached hydrogens (tertiary/aromatic N) is 2. The third kappa shape index (κ3) is 3.91. The Labute approximate surface area is 150 Å². The van der Waals surface area contributed by atoms with Crippen LogP contribution in [-0.2, 0) is 12.8 Å². The Hall–Kier alpha value is -1.36. The quantitative estimate of drug-likeness (QED) is 0.889. The molecule has 0 unspecified atom stereocenters. The van der Waals surface area contributed by atoms with Crippen molar-refractivity contribution in [2.45, 2.75) is 76.7 Å². The van der Waals surface area contributed by atoms with Crippen molar-refractivity contribution in [3.8, 4) is 0 Å². The summed E-state index contributed by atoms with van der Waals surface area (Å²) in [5.74, 6) is 1.14. The van der Waals surface area contributed by atoms with Crippen LogP contribution >= 0.6 is 0 Å². The number of piperidine rings is 1. The second kappa shape index (κ2) is 7.90. The van der Waals surface area contributed by atoms with E-state index in [2.05, 4.69) is 15.4 Å². The number of amides is 1. The first-order valence-electron chi connectivity index (χ1n) is 10.3. The third-order valence-corrected chi connectivity index (χ3v) is 6.49. The number of aryl methyl sites for hydroxylation is 1. The van der Waals surface area contributed by atoms with Crippen molar-refractivity contribution in [3.05, 3.63) is 17.0 Å². The van der Waals surface area contributed by atoms with E-state index in [4.69, 9.17) is 4.52 Å². The molecule has 0 radical (unpaired) electrons. The number of carbonyl (C=O) groups excluding carboxylic acids is 1. The van der Waals surface area contributed by atoms with Gasteiger partial charge in [0.1, 0.15) is 0 Å². The molecular weight excluding hydrogens is 314 g/mol. The summed E-state index contributed by atoms with van der Waals surface area (Å²) < 4.78 is 5.32. The Bertz CT molecular complexity index is 584. The molecule has 1 saturated heterocycles. The fourth-order valence-electron chi connectivity index (χ4n) is 4.92. The highest BCUT2D eigenvalue weighted by Gasteiger charge is 2.27. The van der Waals surface area contributed by atoms with Gasteiger partial charge in [0, 0.05) is 18.2 Å². The minimum Gasteiger partial charge on any atom is -0.350 e. The van der Waals surface area contributed by atoms with Crippen LogP contribution in [0, 0.1) is 5.92 Å². The number of fused-ring (bicyclic) bond motifs is 1. The maximum absolute atomic E-state index is 12.4. The number of likely N-dealkylation sites (tertiary alicyclic amines) is 1. The van der Waals surface area contributed by atoms with E-state index in [-0.39, 0.29) is 5.91 Å². The minimum absolute atomic E-state index is 0.0703. The molecule has 3 aliphatic rings. The SMILES string of the molecule is O=C(NCCC1CCN(C2CCCC2)CC1)c1onc2c1CCCC2. The first-order chi connectivity index (χ1) is 12.3. The van der Waals surface area contributed by atoms with Gasteiger partial charge in [-0.15, -0.1) is 0 Å². The standard InChI is InChI=1S/C20H31N3O2/c24-20(19-17-7-3-4-8-18(17)22-25-19)21-12-9-15-10-13-23(14-11-15)16-5-1-2-6-16/h15-16H,1-14H2,(H,21,24). The number of aromatic nitrogens is 1. The molecule has 0 atom stereocenters. The van der Waals surface area contributed by atoms with Gasteiger partial charge < -0.3 is 14.7 Å². The van der Waals surface area contributed by atoms with E-state index >= 15 is 0 Å². The second-order valence-electron chi connectivity index (χ2n) is 8.11. The lowest BCUT2D eigenvalue weighted by Gasteiger charge is -2.36. The van der Waals surface area contributed by atoms with Crippen LogP contribution in [0.2, 0.25) is 0 Å². The highest BCUT2D eigenvalue weighted by atomic mass is 16.5. The average Bonchev–Trinajstić information content (AvgIpc) is 3.32. The maximum Gasteiger partial charge on any atom is 0.290 e. The van der Waals surface area contributed by atoms with Gasteiger partial charge >= 0.3 is 0 Å². The van der Waals surface area contributed by atoms with Crippen molar-refractivity contribution in [2.75, 3.05) is 19.6 Å². The van der Waals surface area contributed by atoms with Gasteiger partial charge in [0.05, 0.1) is 5.69 Å². The molecule has 138 valence electrons. The van der Waals surface area contributed by atoms with E-state index in [9.17, 15) is 4.79 Å². The second-order valence-corrected chi connectivity index (χ2v) is 8.11. The Morgan fingerprint density at radius 2 is 1.84 bits per heavy atom. The Morgan fingerprint density at radius 1 is 1.08 bits per heavy atom. The first-order valence-corrected chi connectivity index (χ1v) is 10.3. The number of rotatable bonds is 5. The van der Waals surface area contributed by atoms with E-state index in [1.165, 1.54) is 51.6 Å². The average molecular weight is 345 g/mol. The monoisotopic (exact) mass is 345 g/mol. The fourth-order valence-corrected chi connectivity index (χ4v) is 4.92. The summed E-state index contributed by atoms with van der Waals surface area (Å²) in [6.45, 7) is 3.25. The molecule has 2 heterocycles. The largest absolute Gasteiger partial charge is 0.350 e. The molecule has 1 aromatic heterocycles. The Kier molecular flexibility index (Phi) is 5.39. The van der Waals surface area contributed by atoms with Gasteiger partial charge in [0.15, 0.2) is 0 Å². The summed E-state index contributed by atoms with van der Waals surface area (Å²) in [5, 5.41) is 7.14. The number of nitrogens with one attached hydrogen (secondary N) is 1. The van der Waals surface area contributed by atoms with Crippen molar-refractivity contribution in [2.24, 2.45) is 5.92 Å². The molecule has 5 heteroatoms. The zero-order chi connectivity index (χ0) is 17.1. The lowest BCUT2D eigenvalue weighted by atomic mass is 9.92. The molecular formula is C20H31N3O2. The molecule has 0 spiro atoms. The molecule has 1 N–H and O–H groups in total. The normalized spacial score (nSPS) is 22.9. The highest BCUT2D eigenvalue weighted by Crippen LogP contribution is 2.29. The summed E-state index contributed by atoms with van der Waals surface area (Å²) in [4.78, 5) is 15.1. The Morgan fingerprint density at radius 3 is 2.64 bits per heavy atom. The van der Waals surface area contributed by atoms with E-state index in [1.807, 2.05) is 0 Å². The summed E-state index contributed by atoms with van der Waals surface area (Å²) in [6, 6.07) is 0.860. The summed E-state index contributed by atoms with van der Waals surface area (Å²) in [5.41, 5.74) is 2.05. The van der Waals surface area contributed by atoms with Gasteiger partial charge in [-0.2, -0.15) is 0 Å². The van der Waals surface area contributed by atoms with Gasteiger partial charge in [-0.05, 0) is 76.8 Å².